The molecule has 15 nitrogen and oxygen atoms in total. The zero-order valence-corrected chi connectivity index (χ0v) is 25.3. The standard InChI is InChI=1S/C25H44N7O8P/c1-16(2)10-19(26)24(33)36-6-8-39-41(35,40-9-7-37-25(34)20(27)11-17(3)4)15-38-18(5)12-32-14-31-21-22(28)29-13-30-23(21)32/h13-14,16-20H,6-12,15,26-27H2,1-5H3,(H2,28,29,30)/t18-,19+,20+/m1/s1. The first-order valence-corrected chi connectivity index (χ1v) is 15.3. The summed E-state index contributed by atoms with van der Waals surface area (Å²) in [6.07, 6.45) is 2.94. The number of anilines is 1. The monoisotopic (exact) mass is 601 g/mol. The number of aromatic nitrogens is 4. The lowest BCUT2D eigenvalue weighted by molar-refractivity contribution is -0.146. The Morgan fingerprint density at radius 2 is 1.41 bits per heavy atom. The number of imidazole rings is 1. The molecule has 2 rings (SSSR count). The molecule has 41 heavy (non-hydrogen) atoms. The summed E-state index contributed by atoms with van der Waals surface area (Å²) in [5, 5.41) is 0. The third-order valence-electron chi connectivity index (χ3n) is 5.69. The molecular formula is C25H44N7O8P. The van der Waals surface area contributed by atoms with E-state index in [1.54, 1.807) is 17.8 Å². The molecule has 232 valence electrons. The number of nitrogens with two attached hydrogens (primary N) is 3. The van der Waals surface area contributed by atoms with Crippen molar-refractivity contribution in [2.75, 3.05) is 38.5 Å². The molecule has 0 spiro atoms. The van der Waals surface area contributed by atoms with Gasteiger partial charge < -0.3 is 45.0 Å². The molecule has 6 N–H and O–H groups in total. The molecule has 0 amide bonds. The van der Waals surface area contributed by atoms with E-state index in [-0.39, 0.29) is 44.1 Å². The summed E-state index contributed by atoms with van der Waals surface area (Å²) in [6, 6.07) is -1.53. The first-order valence-electron chi connectivity index (χ1n) is 13.6. The molecule has 0 bridgehead atoms. The largest absolute Gasteiger partial charge is 0.462 e. The van der Waals surface area contributed by atoms with Gasteiger partial charge in [-0.05, 0) is 31.6 Å². The smallest absolute Gasteiger partial charge is 0.356 e. The van der Waals surface area contributed by atoms with Crippen LogP contribution in [-0.2, 0) is 44.0 Å². The lowest BCUT2D eigenvalue weighted by Gasteiger charge is -2.22. The second-order valence-electron chi connectivity index (χ2n) is 10.5. The van der Waals surface area contributed by atoms with Crippen molar-refractivity contribution in [2.24, 2.45) is 23.3 Å². The van der Waals surface area contributed by atoms with Gasteiger partial charge in [0, 0.05) is 0 Å². The number of fused-ring (bicyclic) bond motifs is 1. The predicted molar refractivity (Wildman–Crippen MR) is 151 cm³/mol. The minimum Gasteiger partial charge on any atom is -0.462 e. The average Bonchev–Trinajstić information content (AvgIpc) is 3.31. The van der Waals surface area contributed by atoms with Gasteiger partial charge in [-0.2, -0.15) is 0 Å². The molecule has 2 heterocycles. The van der Waals surface area contributed by atoms with Crippen LogP contribution in [0.1, 0.15) is 47.5 Å². The molecule has 0 aliphatic heterocycles. The Bertz CT molecular complexity index is 1120. The Balaban J connectivity index is 1.93. The molecule has 0 saturated carbocycles. The van der Waals surface area contributed by atoms with Crippen LogP contribution in [0, 0.1) is 11.8 Å². The van der Waals surface area contributed by atoms with E-state index in [1.165, 1.54) is 6.33 Å². The van der Waals surface area contributed by atoms with Gasteiger partial charge in [-0.1, -0.05) is 27.7 Å². The Morgan fingerprint density at radius 1 is 0.878 bits per heavy atom. The van der Waals surface area contributed by atoms with E-state index in [0.29, 0.717) is 30.6 Å². The summed E-state index contributed by atoms with van der Waals surface area (Å²) in [5.41, 5.74) is 18.5. The van der Waals surface area contributed by atoms with Crippen molar-refractivity contribution >= 4 is 36.5 Å². The van der Waals surface area contributed by atoms with Crippen molar-refractivity contribution in [3.63, 3.8) is 0 Å². The highest BCUT2D eigenvalue weighted by Gasteiger charge is 2.28. The summed E-state index contributed by atoms with van der Waals surface area (Å²) in [5.74, 6) is -0.458. The molecule has 0 aromatic carbocycles. The number of carbonyl (C=O) groups excluding carboxylic acids is 2. The topological polar surface area (TPSA) is 219 Å². The number of ether oxygens (including phenoxy) is 3. The second-order valence-corrected chi connectivity index (χ2v) is 12.5. The SMILES string of the molecule is CC(C)C[C@H](N)C(=O)OCCOP(=O)(CO[C@H](C)Cn1cnc2c(N)ncnc21)OCCOC(=O)[C@@H](N)CC(C)C. The Labute approximate surface area is 240 Å². The second kappa shape index (κ2) is 16.7. The van der Waals surface area contributed by atoms with Gasteiger partial charge in [0.25, 0.3) is 0 Å². The van der Waals surface area contributed by atoms with E-state index < -0.39 is 44.1 Å². The van der Waals surface area contributed by atoms with Crippen LogP contribution < -0.4 is 17.2 Å². The van der Waals surface area contributed by atoms with Gasteiger partial charge in [0.05, 0.1) is 32.2 Å². The Morgan fingerprint density at radius 3 is 1.93 bits per heavy atom. The van der Waals surface area contributed by atoms with E-state index in [9.17, 15) is 14.2 Å². The van der Waals surface area contributed by atoms with Crippen molar-refractivity contribution in [3.05, 3.63) is 12.7 Å². The number of rotatable bonds is 19. The van der Waals surface area contributed by atoms with Crippen LogP contribution in [0.2, 0.25) is 0 Å². The van der Waals surface area contributed by atoms with Crippen molar-refractivity contribution in [2.45, 2.75) is 72.2 Å². The molecule has 2 aromatic heterocycles. The fourth-order valence-electron chi connectivity index (χ4n) is 3.75. The highest BCUT2D eigenvalue weighted by atomic mass is 31.2. The highest BCUT2D eigenvalue weighted by molar-refractivity contribution is 7.53. The summed E-state index contributed by atoms with van der Waals surface area (Å²) in [6.45, 7) is 9.02. The Hall–Kier alpha value is -2.68. The molecule has 0 unspecified atom stereocenters. The molecule has 2 aromatic rings. The van der Waals surface area contributed by atoms with Crippen LogP contribution in [0.3, 0.4) is 0 Å². The van der Waals surface area contributed by atoms with Crippen molar-refractivity contribution in [3.8, 4) is 0 Å². The maximum absolute atomic E-state index is 13.5. The third kappa shape index (κ3) is 12.0. The van der Waals surface area contributed by atoms with Gasteiger partial charge >= 0.3 is 19.5 Å². The minimum absolute atomic E-state index is 0.186. The summed E-state index contributed by atoms with van der Waals surface area (Å²) in [7, 11) is -3.87. The zero-order valence-electron chi connectivity index (χ0n) is 24.4. The number of nitrogen functional groups attached to an aromatic ring is 1. The Kier molecular flexibility index (Phi) is 14.0. The summed E-state index contributed by atoms with van der Waals surface area (Å²) >= 11 is 0. The van der Waals surface area contributed by atoms with Crippen LogP contribution in [0.15, 0.2) is 12.7 Å². The van der Waals surface area contributed by atoms with E-state index in [0.717, 1.165) is 0 Å². The van der Waals surface area contributed by atoms with E-state index >= 15 is 0 Å². The maximum atomic E-state index is 13.5. The fraction of sp³-hybridized carbons (Fsp3) is 0.720. The van der Waals surface area contributed by atoms with Gasteiger partial charge in [-0.3, -0.25) is 14.2 Å². The van der Waals surface area contributed by atoms with Gasteiger partial charge in [-0.25, -0.2) is 15.0 Å². The van der Waals surface area contributed by atoms with Crippen LogP contribution >= 0.6 is 7.60 Å². The number of nitrogens with zero attached hydrogens (tertiary/aromatic N) is 4. The van der Waals surface area contributed by atoms with E-state index in [1.807, 2.05) is 27.7 Å². The van der Waals surface area contributed by atoms with Crippen LogP contribution in [0.5, 0.6) is 0 Å². The maximum Gasteiger partial charge on any atom is 0.356 e. The van der Waals surface area contributed by atoms with Crippen LogP contribution in [0.25, 0.3) is 11.2 Å². The molecule has 0 aliphatic rings. The number of carbonyl (C=O) groups is 2. The summed E-state index contributed by atoms with van der Waals surface area (Å²) < 4.78 is 42.2. The average molecular weight is 602 g/mol. The first kappa shape index (κ1) is 34.5. The fourth-order valence-corrected chi connectivity index (χ4v) is 5.12. The summed E-state index contributed by atoms with van der Waals surface area (Å²) in [4.78, 5) is 36.5. The quantitative estimate of drug-likeness (QED) is 0.119. The van der Waals surface area contributed by atoms with Crippen molar-refractivity contribution in [1.82, 2.24) is 19.5 Å². The third-order valence-corrected chi connectivity index (χ3v) is 7.31. The lowest BCUT2D eigenvalue weighted by Crippen LogP contribution is -2.34. The molecule has 0 saturated heterocycles. The molecular weight excluding hydrogens is 557 g/mol. The first-order chi connectivity index (χ1) is 19.3. The number of hydrogen-bond donors (Lipinski definition) is 3. The van der Waals surface area contributed by atoms with Crippen molar-refractivity contribution in [1.29, 1.82) is 0 Å². The van der Waals surface area contributed by atoms with Gasteiger partial charge in [-0.15, -0.1) is 0 Å². The molecule has 0 fully saturated rings. The van der Waals surface area contributed by atoms with Gasteiger partial charge in [0.1, 0.15) is 43.5 Å². The molecule has 16 heteroatoms. The van der Waals surface area contributed by atoms with Crippen LogP contribution in [0.4, 0.5) is 5.82 Å². The molecule has 0 aliphatic carbocycles. The number of hydrogen-bond acceptors (Lipinski definition) is 14. The van der Waals surface area contributed by atoms with Crippen LogP contribution in [-0.4, -0.2) is 82.4 Å². The van der Waals surface area contributed by atoms with Crippen molar-refractivity contribution < 1.29 is 37.4 Å². The van der Waals surface area contributed by atoms with Gasteiger partial charge in [0.2, 0.25) is 0 Å². The van der Waals surface area contributed by atoms with E-state index in [4.69, 9.17) is 40.5 Å². The van der Waals surface area contributed by atoms with Gasteiger partial charge in [0.15, 0.2) is 11.5 Å². The highest BCUT2D eigenvalue weighted by Crippen LogP contribution is 2.48. The molecule has 0 radical (unpaired) electrons. The zero-order chi connectivity index (χ0) is 30.6. The minimum atomic E-state index is -3.87. The lowest BCUT2D eigenvalue weighted by atomic mass is 10.1. The molecule has 3 atom stereocenters. The normalized spacial score (nSPS) is 14.4. The van der Waals surface area contributed by atoms with E-state index in [2.05, 4.69) is 15.0 Å². The predicted octanol–water partition coefficient (Wildman–Crippen LogP) is 1.83. The number of esters is 2.